The van der Waals surface area contributed by atoms with Crippen LogP contribution in [-0.4, -0.2) is 0 Å². The van der Waals surface area contributed by atoms with Gasteiger partial charge in [-0.3, -0.25) is 0 Å². The molecule has 0 aliphatic heterocycles. The summed E-state index contributed by atoms with van der Waals surface area (Å²) in [7, 11) is 0. The Morgan fingerprint density at radius 2 is 1.64 bits per heavy atom. The number of hydrogen-bond donors (Lipinski definition) is 0. The zero-order valence-electron chi connectivity index (χ0n) is 14.2. The van der Waals surface area contributed by atoms with Crippen molar-refractivity contribution in [2.75, 3.05) is 0 Å². The van der Waals surface area contributed by atoms with E-state index in [1.165, 1.54) is 34.2 Å². The molecule has 0 nitrogen and oxygen atoms in total. The number of aryl methyl sites for hydroxylation is 1. The van der Waals surface area contributed by atoms with Gasteiger partial charge >= 0.3 is 0 Å². The SMILES string of the molecule is CCCc1ccccc1-c1cccc2c1C=C(C(C)(C)C)C2. The Kier molecular flexibility index (Phi) is 3.95. The molecule has 0 amide bonds. The Hall–Kier alpha value is -1.82. The van der Waals surface area contributed by atoms with Crippen LogP contribution in [0.2, 0.25) is 0 Å². The van der Waals surface area contributed by atoms with Crippen molar-refractivity contribution in [3.63, 3.8) is 0 Å². The van der Waals surface area contributed by atoms with Crippen LogP contribution in [0.4, 0.5) is 0 Å². The zero-order valence-corrected chi connectivity index (χ0v) is 14.2. The molecule has 0 heteroatoms. The highest BCUT2D eigenvalue weighted by Crippen LogP contribution is 2.41. The second-order valence-electron chi connectivity index (χ2n) is 7.38. The van der Waals surface area contributed by atoms with E-state index in [2.05, 4.69) is 76.2 Å². The second kappa shape index (κ2) is 5.76. The van der Waals surface area contributed by atoms with Gasteiger partial charge in [-0.05, 0) is 46.1 Å². The molecule has 0 aromatic heterocycles. The van der Waals surface area contributed by atoms with Gasteiger partial charge in [0.05, 0.1) is 0 Å². The van der Waals surface area contributed by atoms with Crippen LogP contribution in [0.5, 0.6) is 0 Å². The van der Waals surface area contributed by atoms with Crippen molar-refractivity contribution in [2.24, 2.45) is 5.41 Å². The standard InChI is InChI=1S/C22H26/c1-5-9-16-10-6-7-12-19(16)20-13-8-11-17-14-18(15-21(17)20)22(2,3)4/h6-8,10-13,15H,5,9,14H2,1-4H3. The quantitative estimate of drug-likeness (QED) is 0.623. The minimum Gasteiger partial charge on any atom is -0.0651 e. The van der Waals surface area contributed by atoms with Gasteiger partial charge in [-0.15, -0.1) is 0 Å². The van der Waals surface area contributed by atoms with Crippen LogP contribution in [0.25, 0.3) is 17.2 Å². The Labute approximate surface area is 134 Å². The molecule has 1 aliphatic rings. The molecule has 2 aromatic carbocycles. The largest absolute Gasteiger partial charge is 0.0651 e. The van der Waals surface area contributed by atoms with Crippen LogP contribution in [0.15, 0.2) is 48.0 Å². The summed E-state index contributed by atoms with van der Waals surface area (Å²) in [5, 5.41) is 0. The molecule has 0 fully saturated rings. The van der Waals surface area contributed by atoms with Crippen molar-refractivity contribution in [3.05, 3.63) is 64.7 Å². The summed E-state index contributed by atoms with van der Waals surface area (Å²) in [6.45, 7) is 9.20. The summed E-state index contributed by atoms with van der Waals surface area (Å²) >= 11 is 0. The first-order valence-corrected chi connectivity index (χ1v) is 8.42. The van der Waals surface area contributed by atoms with Gasteiger partial charge in [0, 0.05) is 0 Å². The van der Waals surface area contributed by atoms with Crippen LogP contribution in [0.3, 0.4) is 0 Å². The number of hydrogen-bond acceptors (Lipinski definition) is 0. The van der Waals surface area contributed by atoms with Crippen LogP contribution in [-0.2, 0) is 12.8 Å². The predicted molar refractivity (Wildman–Crippen MR) is 97.0 cm³/mol. The van der Waals surface area contributed by atoms with Crippen LogP contribution in [0, 0.1) is 5.41 Å². The summed E-state index contributed by atoms with van der Waals surface area (Å²) in [6.07, 6.45) is 5.88. The first-order valence-electron chi connectivity index (χ1n) is 8.42. The zero-order chi connectivity index (χ0) is 15.7. The first-order chi connectivity index (χ1) is 10.5. The van der Waals surface area contributed by atoms with E-state index in [4.69, 9.17) is 0 Å². The highest BCUT2D eigenvalue weighted by Gasteiger charge is 2.24. The lowest BCUT2D eigenvalue weighted by atomic mass is 9.85. The molecule has 0 radical (unpaired) electrons. The van der Waals surface area contributed by atoms with E-state index in [1.54, 1.807) is 5.57 Å². The van der Waals surface area contributed by atoms with Crippen molar-refractivity contribution >= 4 is 6.08 Å². The van der Waals surface area contributed by atoms with Crippen molar-refractivity contribution in [3.8, 4) is 11.1 Å². The molecule has 0 saturated carbocycles. The predicted octanol–water partition coefficient (Wildman–Crippen LogP) is 6.29. The maximum absolute atomic E-state index is 2.44. The number of fused-ring (bicyclic) bond motifs is 1. The van der Waals surface area contributed by atoms with Gasteiger partial charge < -0.3 is 0 Å². The van der Waals surface area contributed by atoms with E-state index in [9.17, 15) is 0 Å². The van der Waals surface area contributed by atoms with Crippen molar-refractivity contribution in [1.82, 2.24) is 0 Å². The van der Waals surface area contributed by atoms with E-state index in [1.807, 2.05) is 0 Å². The van der Waals surface area contributed by atoms with Gasteiger partial charge in [0.25, 0.3) is 0 Å². The second-order valence-corrected chi connectivity index (χ2v) is 7.38. The third-order valence-corrected chi connectivity index (χ3v) is 4.69. The van der Waals surface area contributed by atoms with Gasteiger partial charge in [-0.1, -0.05) is 88.2 Å². The van der Waals surface area contributed by atoms with Gasteiger partial charge in [-0.25, -0.2) is 0 Å². The van der Waals surface area contributed by atoms with E-state index < -0.39 is 0 Å². The lowest BCUT2D eigenvalue weighted by Gasteiger charge is -2.19. The van der Waals surface area contributed by atoms with Crippen molar-refractivity contribution < 1.29 is 0 Å². The molecule has 0 N–H and O–H groups in total. The molecule has 1 aliphatic carbocycles. The van der Waals surface area contributed by atoms with E-state index in [-0.39, 0.29) is 5.41 Å². The molecule has 0 heterocycles. The van der Waals surface area contributed by atoms with Gasteiger partial charge in [0.15, 0.2) is 0 Å². The van der Waals surface area contributed by atoms with E-state index >= 15 is 0 Å². The average molecular weight is 290 g/mol. The normalized spacial score (nSPS) is 13.9. The molecular formula is C22H26. The number of allylic oxidation sites excluding steroid dienone is 1. The molecule has 0 spiro atoms. The topological polar surface area (TPSA) is 0 Å². The molecule has 2 aromatic rings. The minimum atomic E-state index is 0.249. The Morgan fingerprint density at radius 3 is 2.36 bits per heavy atom. The monoisotopic (exact) mass is 290 g/mol. The molecule has 0 saturated heterocycles. The Balaban J connectivity index is 2.13. The summed E-state index contributed by atoms with van der Waals surface area (Å²) in [5.41, 5.74) is 9.00. The molecule has 114 valence electrons. The average Bonchev–Trinajstić information content (AvgIpc) is 2.92. The van der Waals surface area contributed by atoms with Crippen LogP contribution < -0.4 is 0 Å². The molecule has 0 unspecified atom stereocenters. The summed E-state index contributed by atoms with van der Waals surface area (Å²) in [5.74, 6) is 0. The minimum absolute atomic E-state index is 0.249. The fourth-order valence-corrected chi connectivity index (χ4v) is 3.36. The fraction of sp³-hybridized carbons (Fsp3) is 0.364. The first kappa shape index (κ1) is 15.1. The molecule has 0 atom stereocenters. The molecular weight excluding hydrogens is 264 g/mol. The number of benzene rings is 2. The van der Waals surface area contributed by atoms with Crippen LogP contribution >= 0.6 is 0 Å². The third kappa shape index (κ3) is 2.75. The van der Waals surface area contributed by atoms with Crippen molar-refractivity contribution in [1.29, 1.82) is 0 Å². The highest BCUT2D eigenvalue weighted by atomic mass is 14.3. The number of rotatable bonds is 3. The highest BCUT2D eigenvalue weighted by molar-refractivity contribution is 5.82. The fourth-order valence-electron chi connectivity index (χ4n) is 3.36. The van der Waals surface area contributed by atoms with E-state index in [0.29, 0.717) is 0 Å². The summed E-state index contributed by atoms with van der Waals surface area (Å²) in [4.78, 5) is 0. The summed E-state index contributed by atoms with van der Waals surface area (Å²) < 4.78 is 0. The Bertz CT molecular complexity index is 711. The van der Waals surface area contributed by atoms with E-state index in [0.717, 1.165) is 12.8 Å². The Morgan fingerprint density at radius 1 is 0.909 bits per heavy atom. The maximum Gasteiger partial charge on any atom is -0.00523 e. The maximum atomic E-state index is 2.44. The molecule has 22 heavy (non-hydrogen) atoms. The third-order valence-electron chi connectivity index (χ3n) is 4.69. The summed E-state index contributed by atoms with van der Waals surface area (Å²) in [6, 6.07) is 15.7. The smallest absolute Gasteiger partial charge is 0.00523 e. The van der Waals surface area contributed by atoms with Gasteiger partial charge in [-0.2, -0.15) is 0 Å². The van der Waals surface area contributed by atoms with Crippen LogP contribution in [0.1, 0.15) is 50.8 Å². The van der Waals surface area contributed by atoms with Gasteiger partial charge in [0.2, 0.25) is 0 Å². The lowest BCUT2D eigenvalue weighted by Crippen LogP contribution is -2.08. The van der Waals surface area contributed by atoms with Gasteiger partial charge in [0.1, 0.15) is 0 Å². The molecule has 0 bridgehead atoms. The molecule has 3 rings (SSSR count). The van der Waals surface area contributed by atoms with Crippen molar-refractivity contribution in [2.45, 2.75) is 47.0 Å². The lowest BCUT2D eigenvalue weighted by molar-refractivity contribution is 0.498.